The fourth-order valence-corrected chi connectivity index (χ4v) is 4.41. The van der Waals surface area contributed by atoms with Crippen LogP contribution >= 0.6 is 12.4 Å². The molecule has 0 fully saturated rings. The molecule has 1 aliphatic rings. The minimum Gasteiger partial charge on any atom is -0.384 e. The molecule has 0 aliphatic carbocycles. The predicted octanol–water partition coefficient (Wildman–Crippen LogP) is 4.63. The number of nitrogens with two attached hydrogens (primary N) is 1. The highest BCUT2D eigenvalue weighted by Crippen LogP contribution is 2.34. The Kier molecular flexibility index (Phi) is 9.03. The number of amidine groups is 1. The lowest BCUT2D eigenvalue weighted by Gasteiger charge is -2.31. The number of amides is 1. The quantitative estimate of drug-likeness (QED) is 0.179. The van der Waals surface area contributed by atoms with E-state index in [-0.39, 0.29) is 24.1 Å². The molecule has 1 amide bonds. The molecular weight excluding hydrogens is 476 g/mol. The number of nitrogens with one attached hydrogen (secondary N) is 1. The van der Waals surface area contributed by atoms with Crippen molar-refractivity contribution in [3.63, 3.8) is 0 Å². The normalized spacial score (nSPS) is 13.0. The zero-order valence-electron chi connectivity index (χ0n) is 19.8. The van der Waals surface area contributed by atoms with Gasteiger partial charge in [-0.3, -0.25) is 15.4 Å². The van der Waals surface area contributed by atoms with E-state index in [1.807, 2.05) is 59.5 Å². The van der Waals surface area contributed by atoms with Crippen LogP contribution in [0, 0.1) is 5.41 Å². The molecule has 3 aromatic carbocycles. The van der Waals surface area contributed by atoms with Gasteiger partial charge in [-0.05, 0) is 54.2 Å². The fourth-order valence-electron chi connectivity index (χ4n) is 4.41. The van der Waals surface area contributed by atoms with Crippen molar-refractivity contribution in [3.8, 4) is 0 Å². The molecule has 0 radical (unpaired) electrons. The zero-order chi connectivity index (χ0) is 24.8. The Morgan fingerprint density at radius 3 is 2.53 bits per heavy atom. The van der Waals surface area contributed by atoms with Gasteiger partial charge in [0.15, 0.2) is 0 Å². The Labute approximate surface area is 216 Å². The Morgan fingerprint density at radius 2 is 1.86 bits per heavy atom. The summed E-state index contributed by atoms with van der Waals surface area (Å²) in [7, 11) is 0. The number of carbonyl (C=O) groups excluding carboxylic acids is 2. The average molecular weight is 505 g/mol. The van der Waals surface area contributed by atoms with Gasteiger partial charge in [-0.1, -0.05) is 54.6 Å². The van der Waals surface area contributed by atoms with E-state index in [1.165, 1.54) is 6.08 Å². The van der Waals surface area contributed by atoms with E-state index in [0.29, 0.717) is 30.6 Å². The second-order valence-corrected chi connectivity index (χ2v) is 8.56. The fraction of sp³-hybridized carbons (Fsp3) is 0.214. The first-order valence-electron chi connectivity index (χ1n) is 11.6. The minimum atomic E-state index is -0.664. The van der Waals surface area contributed by atoms with Crippen LogP contribution in [-0.2, 0) is 22.4 Å². The molecule has 8 heteroatoms. The number of nitrogens with zero attached hydrogens (tertiary/aromatic N) is 2. The molecule has 1 atom stereocenters. The number of hydrogen-bond donors (Lipinski definition) is 3. The van der Waals surface area contributed by atoms with Gasteiger partial charge in [0.05, 0.1) is 5.69 Å². The SMILES string of the molecule is Cl.N=C(N)c1ccc(CCC(=O)N2CCCc3cc(N(O)C(C=C=O)c4ccccc4)ccc32)cc1. The van der Waals surface area contributed by atoms with Crippen LogP contribution in [0.3, 0.4) is 0 Å². The number of halogens is 1. The molecule has 1 heterocycles. The monoisotopic (exact) mass is 504 g/mol. The second-order valence-electron chi connectivity index (χ2n) is 8.56. The van der Waals surface area contributed by atoms with Crippen LogP contribution in [0.15, 0.2) is 78.9 Å². The van der Waals surface area contributed by atoms with Crippen LogP contribution in [0.25, 0.3) is 0 Å². The van der Waals surface area contributed by atoms with E-state index in [2.05, 4.69) is 0 Å². The predicted molar refractivity (Wildman–Crippen MR) is 144 cm³/mol. The van der Waals surface area contributed by atoms with Gasteiger partial charge in [0.1, 0.15) is 17.8 Å². The molecule has 1 aliphatic heterocycles. The van der Waals surface area contributed by atoms with Crippen LogP contribution in [-0.4, -0.2) is 29.4 Å². The first-order chi connectivity index (χ1) is 17.0. The number of hydroxylamine groups is 1. The van der Waals surface area contributed by atoms with Gasteiger partial charge in [-0.25, -0.2) is 9.86 Å². The highest BCUT2D eigenvalue weighted by Gasteiger charge is 2.24. The molecule has 186 valence electrons. The first kappa shape index (κ1) is 26.7. The number of nitrogen functional groups attached to an aromatic ring is 1. The first-order valence-corrected chi connectivity index (χ1v) is 11.6. The summed E-state index contributed by atoms with van der Waals surface area (Å²) < 4.78 is 0. The van der Waals surface area contributed by atoms with Gasteiger partial charge >= 0.3 is 0 Å². The largest absolute Gasteiger partial charge is 0.384 e. The van der Waals surface area contributed by atoms with E-state index in [4.69, 9.17) is 11.1 Å². The lowest BCUT2D eigenvalue weighted by molar-refractivity contribution is -0.118. The van der Waals surface area contributed by atoms with Gasteiger partial charge in [-0.2, -0.15) is 0 Å². The summed E-state index contributed by atoms with van der Waals surface area (Å²) in [5.41, 5.74) is 10.3. The molecule has 3 aromatic rings. The summed E-state index contributed by atoms with van der Waals surface area (Å²) in [6, 6.07) is 21.5. The van der Waals surface area contributed by atoms with Gasteiger partial charge in [0, 0.05) is 30.3 Å². The maximum Gasteiger partial charge on any atom is 0.227 e. The van der Waals surface area contributed by atoms with Crippen LogP contribution in [0.4, 0.5) is 11.4 Å². The number of fused-ring (bicyclic) bond motifs is 1. The molecule has 0 aromatic heterocycles. The van der Waals surface area contributed by atoms with Crippen molar-refractivity contribution in [2.24, 2.45) is 5.73 Å². The van der Waals surface area contributed by atoms with Crippen LogP contribution < -0.4 is 15.7 Å². The van der Waals surface area contributed by atoms with Crippen molar-refractivity contribution in [2.45, 2.75) is 31.7 Å². The maximum atomic E-state index is 13.1. The smallest absolute Gasteiger partial charge is 0.227 e. The van der Waals surface area contributed by atoms with Gasteiger partial charge in [0.2, 0.25) is 5.91 Å². The number of aryl methyl sites for hydroxylation is 2. The molecule has 0 saturated carbocycles. The minimum absolute atomic E-state index is 0. The van der Waals surface area contributed by atoms with Crippen LogP contribution in [0.1, 0.15) is 41.1 Å². The van der Waals surface area contributed by atoms with Crippen molar-refractivity contribution in [2.75, 3.05) is 16.5 Å². The summed E-state index contributed by atoms with van der Waals surface area (Å²) in [5, 5.41) is 19.5. The third-order valence-corrected chi connectivity index (χ3v) is 6.27. The van der Waals surface area contributed by atoms with Crippen molar-refractivity contribution < 1.29 is 14.8 Å². The Morgan fingerprint density at radius 1 is 1.14 bits per heavy atom. The van der Waals surface area contributed by atoms with Gasteiger partial charge < -0.3 is 10.6 Å². The summed E-state index contributed by atoms with van der Waals surface area (Å²) >= 11 is 0. The standard InChI is InChI=1S/C28H28N4O3.ClH/c29-28(30)22-11-8-20(9-12-22)10-15-27(34)31-17-4-7-23-19-24(13-14-25(23)31)32(35)26(16-18-33)21-5-2-1-3-6-21;/h1-3,5-6,8-9,11-14,16,19,26,35H,4,7,10,15,17H2,(H3,29,30);1H. The molecule has 36 heavy (non-hydrogen) atoms. The summed E-state index contributed by atoms with van der Waals surface area (Å²) in [6.45, 7) is 0.651. The van der Waals surface area contributed by atoms with Gasteiger partial charge in [0.25, 0.3) is 0 Å². The maximum absolute atomic E-state index is 13.1. The number of rotatable bonds is 8. The van der Waals surface area contributed by atoms with Crippen molar-refractivity contribution >= 4 is 41.5 Å². The summed E-state index contributed by atoms with van der Waals surface area (Å²) in [6.07, 6.45) is 3.88. The van der Waals surface area contributed by atoms with Crippen LogP contribution in [0.5, 0.6) is 0 Å². The number of hydrogen-bond acceptors (Lipinski definition) is 5. The molecular formula is C28H29ClN4O3. The molecule has 4 rings (SSSR count). The van der Waals surface area contributed by atoms with Gasteiger partial charge in [-0.15, -0.1) is 12.4 Å². The highest BCUT2D eigenvalue weighted by atomic mass is 35.5. The highest BCUT2D eigenvalue weighted by molar-refractivity contribution is 5.95. The molecule has 0 bridgehead atoms. The zero-order valence-corrected chi connectivity index (χ0v) is 20.6. The molecule has 0 spiro atoms. The lowest BCUT2D eigenvalue weighted by Crippen LogP contribution is -2.35. The lowest BCUT2D eigenvalue weighted by atomic mass is 9.99. The number of carbonyl (C=O) groups is 1. The van der Waals surface area contributed by atoms with E-state index in [9.17, 15) is 14.8 Å². The third-order valence-electron chi connectivity index (χ3n) is 6.27. The Balaban J connectivity index is 0.00000361. The average Bonchev–Trinajstić information content (AvgIpc) is 2.90. The van der Waals surface area contributed by atoms with E-state index in [0.717, 1.165) is 40.3 Å². The van der Waals surface area contributed by atoms with E-state index >= 15 is 0 Å². The Hall–Kier alpha value is -3.90. The Bertz CT molecular complexity index is 1260. The van der Waals surface area contributed by atoms with Crippen molar-refractivity contribution in [1.82, 2.24) is 0 Å². The molecule has 1 unspecified atom stereocenters. The third kappa shape index (κ3) is 6.01. The topological polar surface area (TPSA) is 111 Å². The van der Waals surface area contributed by atoms with Crippen molar-refractivity contribution in [3.05, 3.63) is 101 Å². The number of benzene rings is 3. The molecule has 0 saturated heterocycles. The van der Waals surface area contributed by atoms with Crippen LogP contribution in [0.2, 0.25) is 0 Å². The summed E-state index contributed by atoms with van der Waals surface area (Å²) in [5.74, 6) is 1.86. The number of anilines is 2. The second kappa shape index (κ2) is 12.2. The van der Waals surface area contributed by atoms with Crippen molar-refractivity contribution in [1.29, 1.82) is 5.41 Å². The molecule has 7 nitrogen and oxygen atoms in total. The summed E-state index contributed by atoms with van der Waals surface area (Å²) in [4.78, 5) is 26.0. The van der Waals surface area contributed by atoms with E-state index in [1.54, 1.807) is 24.1 Å². The molecule has 4 N–H and O–H groups in total. The van der Waals surface area contributed by atoms with E-state index < -0.39 is 6.04 Å².